The van der Waals surface area contributed by atoms with Crippen LogP contribution in [0.5, 0.6) is 0 Å². The van der Waals surface area contributed by atoms with E-state index < -0.39 is 17.3 Å². The lowest BCUT2D eigenvalue weighted by Gasteiger charge is -2.21. The molecule has 0 aliphatic carbocycles. The fourth-order valence-corrected chi connectivity index (χ4v) is 1.72. The first-order valence-corrected chi connectivity index (χ1v) is 6.28. The first-order valence-electron chi connectivity index (χ1n) is 5.91. The minimum absolute atomic E-state index is 0.115. The van der Waals surface area contributed by atoms with Crippen LogP contribution in [-0.2, 0) is 11.0 Å². The van der Waals surface area contributed by atoms with E-state index in [9.17, 15) is 18.0 Å². The van der Waals surface area contributed by atoms with Gasteiger partial charge in [-0.1, -0.05) is 11.6 Å². The van der Waals surface area contributed by atoms with E-state index in [0.29, 0.717) is 0 Å². The molecule has 0 saturated carbocycles. The third kappa shape index (κ3) is 5.28. The van der Waals surface area contributed by atoms with E-state index in [2.05, 4.69) is 10.6 Å². The van der Waals surface area contributed by atoms with Crippen LogP contribution in [-0.4, -0.2) is 18.0 Å². The number of benzene rings is 1. The van der Waals surface area contributed by atoms with Crippen LogP contribution < -0.4 is 10.6 Å². The average Bonchev–Trinajstić information content (AvgIpc) is 2.24. The second-order valence-corrected chi connectivity index (χ2v) is 5.75. The molecule has 2 N–H and O–H groups in total. The van der Waals surface area contributed by atoms with Crippen molar-refractivity contribution in [1.82, 2.24) is 5.32 Å². The Morgan fingerprint density at radius 3 is 2.35 bits per heavy atom. The van der Waals surface area contributed by atoms with Gasteiger partial charge in [0.15, 0.2) is 0 Å². The number of halogens is 4. The predicted octanol–water partition coefficient (Wildman–Crippen LogP) is 3.69. The first kappa shape index (κ1) is 16.6. The molecule has 0 saturated heterocycles. The largest absolute Gasteiger partial charge is 0.417 e. The predicted molar refractivity (Wildman–Crippen MR) is 72.8 cm³/mol. The van der Waals surface area contributed by atoms with Crippen LogP contribution in [0.15, 0.2) is 18.2 Å². The van der Waals surface area contributed by atoms with E-state index >= 15 is 0 Å². The van der Waals surface area contributed by atoms with Crippen LogP contribution in [0.25, 0.3) is 0 Å². The normalized spacial score (nSPS) is 12.2. The minimum Gasteiger partial charge on any atom is -0.376 e. The molecule has 7 heteroatoms. The Labute approximate surface area is 120 Å². The summed E-state index contributed by atoms with van der Waals surface area (Å²) in [4.78, 5) is 11.6. The van der Waals surface area contributed by atoms with E-state index in [1.165, 1.54) is 6.07 Å². The lowest BCUT2D eigenvalue weighted by molar-refractivity contribution is -0.137. The third-order valence-corrected chi connectivity index (χ3v) is 2.57. The maximum Gasteiger partial charge on any atom is 0.417 e. The zero-order valence-corrected chi connectivity index (χ0v) is 12.1. The summed E-state index contributed by atoms with van der Waals surface area (Å²) < 4.78 is 38.0. The Hall–Kier alpha value is -1.43. The summed E-state index contributed by atoms with van der Waals surface area (Å²) in [5.74, 6) is -0.305. The molecular formula is C13H16ClF3N2O. The summed E-state index contributed by atoms with van der Waals surface area (Å²) in [7, 11) is 0. The average molecular weight is 309 g/mol. The highest BCUT2D eigenvalue weighted by atomic mass is 35.5. The number of hydrogen-bond acceptors (Lipinski definition) is 2. The van der Waals surface area contributed by atoms with Gasteiger partial charge in [-0.25, -0.2) is 0 Å². The summed E-state index contributed by atoms with van der Waals surface area (Å²) >= 11 is 5.50. The monoisotopic (exact) mass is 308 g/mol. The Morgan fingerprint density at radius 1 is 1.25 bits per heavy atom. The van der Waals surface area contributed by atoms with Crippen LogP contribution in [0.4, 0.5) is 18.9 Å². The van der Waals surface area contributed by atoms with Gasteiger partial charge >= 0.3 is 6.18 Å². The highest BCUT2D eigenvalue weighted by Crippen LogP contribution is 2.36. The van der Waals surface area contributed by atoms with Gasteiger partial charge < -0.3 is 10.6 Å². The van der Waals surface area contributed by atoms with E-state index in [4.69, 9.17) is 11.6 Å². The summed E-state index contributed by atoms with van der Waals surface area (Å²) in [5.41, 5.74) is -1.14. The van der Waals surface area contributed by atoms with Crippen molar-refractivity contribution < 1.29 is 18.0 Å². The zero-order chi connectivity index (χ0) is 15.6. The number of hydrogen-bond donors (Lipinski definition) is 2. The van der Waals surface area contributed by atoms with Crippen molar-refractivity contribution in [3.05, 3.63) is 28.8 Å². The highest BCUT2D eigenvalue weighted by Gasteiger charge is 2.33. The van der Waals surface area contributed by atoms with Crippen LogP contribution in [0.1, 0.15) is 26.3 Å². The smallest absolute Gasteiger partial charge is 0.376 e. The molecule has 0 heterocycles. The minimum atomic E-state index is -4.53. The standard InChI is InChI=1S/C13H16ClF3N2O/c1-12(2,3)19-11(20)7-18-8-4-5-10(14)9(6-8)13(15,16)17/h4-6,18H,7H2,1-3H3,(H,19,20). The fraction of sp³-hybridized carbons (Fsp3) is 0.462. The molecule has 0 bridgehead atoms. The van der Waals surface area contributed by atoms with E-state index in [0.717, 1.165) is 12.1 Å². The third-order valence-electron chi connectivity index (χ3n) is 2.24. The number of anilines is 1. The number of alkyl halides is 3. The lowest BCUT2D eigenvalue weighted by atomic mass is 10.1. The van der Waals surface area contributed by atoms with Gasteiger partial charge in [0, 0.05) is 11.2 Å². The molecule has 0 fully saturated rings. The molecule has 1 aromatic rings. The molecule has 1 amide bonds. The van der Waals surface area contributed by atoms with Crippen molar-refractivity contribution in [2.45, 2.75) is 32.5 Å². The van der Waals surface area contributed by atoms with E-state index in [-0.39, 0.29) is 23.2 Å². The van der Waals surface area contributed by atoms with E-state index in [1.807, 2.05) is 20.8 Å². The molecule has 0 atom stereocenters. The lowest BCUT2D eigenvalue weighted by Crippen LogP contribution is -2.43. The molecule has 1 aromatic carbocycles. The van der Waals surface area contributed by atoms with Gasteiger partial charge in [0.2, 0.25) is 5.91 Å². The number of amides is 1. The maximum atomic E-state index is 12.7. The second-order valence-electron chi connectivity index (χ2n) is 5.34. The van der Waals surface area contributed by atoms with Crippen molar-refractivity contribution in [3.63, 3.8) is 0 Å². The van der Waals surface area contributed by atoms with Crippen LogP contribution in [0, 0.1) is 0 Å². The van der Waals surface area contributed by atoms with Crippen LogP contribution in [0.3, 0.4) is 0 Å². The molecule has 3 nitrogen and oxygen atoms in total. The Balaban J connectivity index is 2.73. The zero-order valence-electron chi connectivity index (χ0n) is 11.4. The summed E-state index contributed by atoms with van der Waals surface area (Å²) in [6, 6.07) is 3.42. The topological polar surface area (TPSA) is 41.1 Å². The molecule has 20 heavy (non-hydrogen) atoms. The number of nitrogens with one attached hydrogen (secondary N) is 2. The summed E-state index contributed by atoms with van der Waals surface area (Å²) in [6.45, 7) is 5.33. The SMILES string of the molecule is CC(C)(C)NC(=O)CNc1ccc(Cl)c(C(F)(F)F)c1. The van der Waals surface area contributed by atoms with Gasteiger partial charge in [-0.15, -0.1) is 0 Å². The number of rotatable bonds is 3. The summed E-state index contributed by atoms with van der Waals surface area (Å²) in [6.07, 6.45) is -4.53. The van der Waals surface area contributed by atoms with Crippen molar-refractivity contribution in [2.24, 2.45) is 0 Å². The van der Waals surface area contributed by atoms with Gasteiger partial charge in [0.1, 0.15) is 0 Å². The van der Waals surface area contributed by atoms with Crippen LogP contribution >= 0.6 is 11.6 Å². The second kappa shape index (κ2) is 5.91. The molecule has 0 spiro atoms. The van der Waals surface area contributed by atoms with Gasteiger partial charge in [-0.2, -0.15) is 13.2 Å². The van der Waals surface area contributed by atoms with Crippen molar-refractivity contribution >= 4 is 23.2 Å². The van der Waals surface area contributed by atoms with Gasteiger partial charge in [-0.05, 0) is 39.0 Å². The first-order chi connectivity index (χ1) is 8.99. The van der Waals surface area contributed by atoms with Gasteiger partial charge in [0.25, 0.3) is 0 Å². The quantitative estimate of drug-likeness (QED) is 0.894. The van der Waals surface area contributed by atoms with Crippen LogP contribution in [0.2, 0.25) is 5.02 Å². The maximum absolute atomic E-state index is 12.7. The molecule has 1 rings (SSSR count). The molecular weight excluding hydrogens is 293 g/mol. The number of carbonyl (C=O) groups excluding carboxylic acids is 1. The number of carbonyl (C=O) groups is 1. The highest BCUT2D eigenvalue weighted by molar-refractivity contribution is 6.31. The molecule has 0 radical (unpaired) electrons. The molecule has 112 valence electrons. The molecule has 0 aromatic heterocycles. The van der Waals surface area contributed by atoms with Crippen molar-refractivity contribution in [2.75, 3.05) is 11.9 Å². The Kier molecular flexibility index (Phi) is 4.91. The van der Waals surface area contributed by atoms with E-state index in [1.54, 1.807) is 0 Å². The Bertz CT molecular complexity index is 495. The fourth-order valence-electron chi connectivity index (χ4n) is 1.50. The molecule has 0 aliphatic rings. The van der Waals surface area contributed by atoms with Gasteiger partial charge in [0.05, 0.1) is 17.1 Å². The molecule has 0 aliphatic heterocycles. The summed E-state index contributed by atoms with van der Waals surface area (Å²) in [5, 5.41) is 4.96. The molecule has 0 unspecified atom stereocenters. The van der Waals surface area contributed by atoms with Crippen molar-refractivity contribution in [3.8, 4) is 0 Å². The van der Waals surface area contributed by atoms with Gasteiger partial charge in [-0.3, -0.25) is 4.79 Å². The Morgan fingerprint density at radius 2 is 1.85 bits per heavy atom. The van der Waals surface area contributed by atoms with Crippen molar-refractivity contribution in [1.29, 1.82) is 0 Å².